The van der Waals surface area contributed by atoms with Crippen LogP contribution in [0, 0.1) is 10.8 Å². The van der Waals surface area contributed by atoms with Gasteiger partial charge in [0.1, 0.15) is 0 Å². The Bertz CT molecular complexity index is 923. The molecular weight excluding hydrogens is 382 g/mol. The molecule has 0 aromatic heterocycles. The normalized spacial score (nSPS) is 14.7. The zero-order valence-corrected chi connectivity index (χ0v) is 18.8. The molecule has 0 saturated heterocycles. The molecule has 0 radical (unpaired) electrons. The van der Waals surface area contributed by atoms with Gasteiger partial charge in [-0.3, -0.25) is 14.5 Å². The second-order valence-electron chi connectivity index (χ2n) is 9.75. The Morgan fingerprint density at radius 3 is 2.03 bits per heavy atom. The van der Waals surface area contributed by atoms with Gasteiger partial charge in [0.15, 0.2) is 11.6 Å². The van der Waals surface area contributed by atoms with Crippen molar-refractivity contribution in [2.24, 2.45) is 10.8 Å². The second-order valence-corrected chi connectivity index (χ2v) is 10.0. The molecule has 0 bridgehead atoms. The van der Waals surface area contributed by atoms with Gasteiger partial charge in [0.05, 0.1) is 0 Å². The number of fused-ring (bicyclic) bond motifs is 1. The molecule has 1 heterocycles. The molecule has 4 heteroatoms. The quantitative estimate of drug-likeness (QED) is 0.440. The summed E-state index contributed by atoms with van der Waals surface area (Å²) in [5.74, 6) is 0.557. The number of hydrogen-bond donors (Lipinski definition) is 0. The molecule has 0 spiro atoms. The first-order valence-electron chi connectivity index (χ1n) is 10.1. The number of Topliss-reactive ketones (excluding diaryl/α,β-unsaturated/α-hetero) is 2. The highest BCUT2D eigenvalue weighted by atomic mass is 35.5. The minimum atomic E-state index is -0.554. The van der Waals surface area contributed by atoms with Crippen LogP contribution >= 0.6 is 11.6 Å². The van der Waals surface area contributed by atoms with Crippen LogP contribution in [0.2, 0.25) is 0 Å². The number of hydrogen-bond acceptors (Lipinski definition) is 3. The van der Waals surface area contributed by atoms with E-state index in [2.05, 4.69) is 17.0 Å². The van der Waals surface area contributed by atoms with E-state index in [1.165, 1.54) is 16.7 Å². The highest BCUT2D eigenvalue weighted by molar-refractivity contribution is 6.21. The lowest BCUT2D eigenvalue weighted by atomic mass is 9.86. The van der Waals surface area contributed by atoms with Crippen LogP contribution in [0.4, 0.5) is 0 Å². The van der Waals surface area contributed by atoms with Crippen LogP contribution in [-0.4, -0.2) is 22.3 Å². The molecule has 0 unspecified atom stereocenters. The van der Waals surface area contributed by atoms with Crippen LogP contribution in [0.15, 0.2) is 42.5 Å². The van der Waals surface area contributed by atoms with Crippen LogP contribution in [0.25, 0.3) is 0 Å². The van der Waals surface area contributed by atoms with Gasteiger partial charge in [0.2, 0.25) is 0 Å². The van der Waals surface area contributed by atoms with Gasteiger partial charge >= 0.3 is 0 Å². The fourth-order valence-corrected chi connectivity index (χ4v) is 3.74. The zero-order chi connectivity index (χ0) is 21.4. The number of nitrogens with zero attached hydrogens (tertiary/aromatic N) is 1. The number of carbonyl (C=O) groups is 2. The molecule has 0 saturated carbocycles. The van der Waals surface area contributed by atoms with E-state index in [1.807, 2.05) is 65.0 Å². The average molecular weight is 412 g/mol. The first-order chi connectivity index (χ1) is 13.5. The van der Waals surface area contributed by atoms with Crippen molar-refractivity contribution >= 4 is 23.2 Å². The SMILES string of the molecule is CC(C)(C)C(=O)c1ccc2c(c1)CN(Cc1ccc(C(=O)C(C)(C)CCl)cc1)C2. The largest absolute Gasteiger partial charge is 0.294 e. The van der Waals surface area contributed by atoms with Crippen molar-refractivity contribution in [3.63, 3.8) is 0 Å². The summed E-state index contributed by atoms with van der Waals surface area (Å²) in [4.78, 5) is 27.5. The lowest BCUT2D eigenvalue weighted by molar-refractivity contribution is 0.0854. The summed E-state index contributed by atoms with van der Waals surface area (Å²) in [6.45, 7) is 12.1. The van der Waals surface area contributed by atoms with E-state index in [4.69, 9.17) is 11.6 Å². The van der Waals surface area contributed by atoms with Crippen LogP contribution < -0.4 is 0 Å². The number of halogens is 1. The van der Waals surface area contributed by atoms with Gasteiger partial charge in [0.25, 0.3) is 0 Å². The van der Waals surface area contributed by atoms with Crippen LogP contribution in [-0.2, 0) is 19.6 Å². The molecule has 0 N–H and O–H groups in total. The van der Waals surface area contributed by atoms with Gasteiger partial charge in [0, 0.05) is 47.5 Å². The van der Waals surface area contributed by atoms with Crippen molar-refractivity contribution < 1.29 is 9.59 Å². The summed E-state index contributed by atoms with van der Waals surface area (Å²) in [6.07, 6.45) is 0. The van der Waals surface area contributed by atoms with Crippen LogP contribution in [0.1, 0.15) is 72.0 Å². The van der Waals surface area contributed by atoms with Crippen molar-refractivity contribution in [3.05, 3.63) is 70.3 Å². The molecule has 1 aliphatic heterocycles. The third kappa shape index (κ3) is 4.79. The van der Waals surface area contributed by atoms with E-state index in [1.54, 1.807) is 0 Å². The smallest absolute Gasteiger partial charge is 0.169 e. The molecular formula is C25H30ClNO2. The van der Waals surface area contributed by atoms with E-state index in [9.17, 15) is 9.59 Å². The van der Waals surface area contributed by atoms with Crippen molar-refractivity contribution in [3.8, 4) is 0 Å². The number of benzene rings is 2. The highest BCUT2D eigenvalue weighted by Gasteiger charge is 2.28. The summed E-state index contributed by atoms with van der Waals surface area (Å²) in [5, 5.41) is 0. The molecule has 1 aliphatic rings. The third-order valence-electron chi connectivity index (χ3n) is 5.51. The first-order valence-corrected chi connectivity index (χ1v) is 10.6. The number of rotatable bonds is 6. The standard InChI is InChI=1S/C25H30ClNO2/c1-24(2,3)22(28)19-10-11-20-14-27(15-21(20)12-19)13-17-6-8-18(9-7-17)23(29)25(4,5)16-26/h6-12H,13-16H2,1-5H3. The maximum Gasteiger partial charge on any atom is 0.169 e. The topological polar surface area (TPSA) is 37.4 Å². The molecule has 0 atom stereocenters. The molecule has 3 rings (SSSR count). The fourth-order valence-electron chi connectivity index (χ4n) is 3.62. The van der Waals surface area contributed by atoms with E-state index in [0.717, 1.165) is 25.2 Å². The molecule has 3 nitrogen and oxygen atoms in total. The Morgan fingerprint density at radius 1 is 0.862 bits per heavy atom. The van der Waals surface area contributed by atoms with Gasteiger partial charge in [-0.25, -0.2) is 0 Å². The Kier molecular flexibility index (Phi) is 6.03. The van der Waals surface area contributed by atoms with Crippen molar-refractivity contribution in [1.82, 2.24) is 4.90 Å². The second kappa shape index (κ2) is 8.04. The summed E-state index contributed by atoms with van der Waals surface area (Å²) in [5.41, 5.74) is 4.26. The van der Waals surface area contributed by atoms with Crippen LogP contribution in [0.5, 0.6) is 0 Å². The summed E-state index contributed by atoms with van der Waals surface area (Å²) >= 11 is 5.93. The van der Waals surface area contributed by atoms with E-state index in [-0.39, 0.29) is 17.0 Å². The fraction of sp³-hybridized carbons (Fsp3) is 0.440. The van der Waals surface area contributed by atoms with Gasteiger partial charge < -0.3 is 0 Å². The maximum absolute atomic E-state index is 12.6. The minimum absolute atomic E-state index is 0.0728. The molecule has 0 fully saturated rings. The predicted octanol–water partition coefficient (Wildman–Crippen LogP) is 5.88. The van der Waals surface area contributed by atoms with Crippen molar-refractivity contribution in [2.45, 2.75) is 54.3 Å². The Hall–Kier alpha value is -1.97. The number of ketones is 2. The highest BCUT2D eigenvalue weighted by Crippen LogP contribution is 2.29. The van der Waals surface area contributed by atoms with E-state index < -0.39 is 5.41 Å². The van der Waals surface area contributed by atoms with E-state index >= 15 is 0 Å². The summed E-state index contributed by atoms with van der Waals surface area (Å²) in [7, 11) is 0. The van der Waals surface area contributed by atoms with Gasteiger partial charge in [-0.05, 0) is 22.8 Å². The Balaban J connectivity index is 1.68. The lowest BCUT2D eigenvalue weighted by Gasteiger charge is -2.20. The average Bonchev–Trinajstić information content (AvgIpc) is 3.08. The van der Waals surface area contributed by atoms with Crippen LogP contribution in [0.3, 0.4) is 0 Å². The van der Waals surface area contributed by atoms with Gasteiger partial charge in [-0.1, -0.05) is 71.0 Å². The lowest BCUT2D eigenvalue weighted by Crippen LogP contribution is -2.26. The minimum Gasteiger partial charge on any atom is -0.294 e. The first kappa shape index (κ1) is 21.7. The maximum atomic E-state index is 12.6. The number of alkyl halides is 1. The van der Waals surface area contributed by atoms with Gasteiger partial charge in [-0.15, -0.1) is 11.6 Å². The predicted molar refractivity (Wildman–Crippen MR) is 118 cm³/mol. The van der Waals surface area contributed by atoms with Crippen molar-refractivity contribution in [2.75, 3.05) is 5.88 Å². The summed E-state index contributed by atoms with van der Waals surface area (Å²) < 4.78 is 0. The monoisotopic (exact) mass is 411 g/mol. The Morgan fingerprint density at radius 2 is 1.45 bits per heavy atom. The molecule has 154 valence electrons. The zero-order valence-electron chi connectivity index (χ0n) is 18.0. The summed E-state index contributed by atoms with van der Waals surface area (Å²) in [6, 6.07) is 13.9. The molecule has 2 aromatic carbocycles. The third-order valence-corrected chi connectivity index (χ3v) is 6.18. The molecule has 0 aliphatic carbocycles. The molecule has 2 aromatic rings. The van der Waals surface area contributed by atoms with E-state index in [0.29, 0.717) is 11.4 Å². The van der Waals surface area contributed by atoms with Gasteiger partial charge in [-0.2, -0.15) is 0 Å². The number of carbonyl (C=O) groups excluding carboxylic acids is 2. The Labute approximate surface area is 179 Å². The molecule has 0 amide bonds. The molecule has 29 heavy (non-hydrogen) atoms. The van der Waals surface area contributed by atoms with Crippen molar-refractivity contribution in [1.29, 1.82) is 0 Å².